The maximum absolute atomic E-state index is 11.5. The quantitative estimate of drug-likeness (QED) is 0.840. The summed E-state index contributed by atoms with van der Waals surface area (Å²) in [6.45, 7) is 5.87. The summed E-state index contributed by atoms with van der Waals surface area (Å²) in [6.07, 6.45) is 0. The topological polar surface area (TPSA) is 29.1 Å². The van der Waals surface area contributed by atoms with Crippen molar-refractivity contribution >= 4 is 21.8 Å². The third-order valence-electron chi connectivity index (χ3n) is 2.38. The number of halogens is 1. The van der Waals surface area contributed by atoms with Gasteiger partial charge in [0.2, 0.25) is 5.91 Å². The molecule has 0 aromatic heterocycles. The Hall–Kier alpha value is -0.830. The van der Waals surface area contributed by atoms with Gasteiger partial charge in [0.05, 0.1) is 10.9 Å². The monoisotopic (exact) mass is 269 g/mol. The summed E-state index contributed by atoms with van der Waals surface area (Å²) in [5, 5.41) is 2.95. The van der Waals surface area contributed by atoms with E-state index in [4.69, 9.17) is 0 Å². The molecule has 2 atom stereocenters. The fourth-order valence-corrected chi connectivity index (χ4v) is 1.61. The maximum Gasteiger partial charge on any atom is 0.233 e. The van der Waals surface area contributed by atoms with Gasteiger partial charge >= 0.3 is 0 Å². The molecule has 0 saturated carbocycles. The first kappa shape index (κ1) is 12.2. The van der Waals surface area contributed by atoms with Crippen LogP contribution in [0.1, 0.15) is 31.0 Å². The number of rotatable bonds is 3. The van der Waals surface area contributed by atoms with E-state index >= 15 is 0 Å². The number of hydrogen-bond donors (Lipinski definition) is 1. The zero-order valence-electron chi connectivity index (χ0n) is 9.25. The smallest absolute Gasteiger partial charge is 0.233 e. The van der Waals surface area contributed by atoms with E-state index in [0.717, 1.165) is 0 Å². The molecule has 1 N–H and O–H groups in total. The minimum Gasteiger partial charge on any atom is -0.349 e. The lowest BCUT2D eigenvalue weighted by atomic mass is 10.0. The Labute approximate surface area is 99.2 Å². The minimum atomic E-state index is -0.149. The Morgan fingerprint density at radius 3 is 2.47 bits per heavy atom. The van der Waals surface area contributed by atoms with Gasteiger partial charge in [-0.3, -0.25) is 4.79 Å². The molecule has 0 radical (unpaired) electrons. The largest absolute Gasteiger partial charge is 0.349 e. The van der Waals surface area contributed by atoms with Crippen LogP contribution in [-0.4, -0.2) is 10.7 Å². The molecule has 3 heteroatoms. The van der Waals surface area contributed by atoms with E-state index < -0.39 is 0 Å². The molecule has 0 saturated heterocycles. The SMILES string of the molecule is Cc1ccccc1[C@@H](C)NC(=O)C(C)Br. The zero-order chi connectivity index (χ0) is 11.4. The average molecular weight is 270 g/mol. The van der Waals surface area contributed by atoms with Crippen molar-refractivity contribution in [3.05, 3.63) is 35.4 Å². The number of aryl methyl sites for hydroxylation is 1. The summed E-state index contributed by atoms with van der Waals surface area (Å²) in [7, 11) is 0. The van der Waals surface area contributed by atoms with E-state index in [-0.39, 0.29) is 16.8 Å². The molecule has 0 heterocycles. The van der Waals surface area contributed by atoms with Crippen molar-refractivity contribution in [1.82, 2.24) is 5.32 Å². The highest BCUT2D eigenvalue weighted by molar-refractivity contribution is 9.10. The standard InChI is InChI=1S/C12H16BrNO/c1-8-6-4-5-7-11(8)10(3)14-12(15)9(2)13/h4-7,9-10H,1-3H3,(H,14,15)/t9?,10-/m1/s1. The summed E-state index contributed by atoms with van der Waals surface area (Å²) >= 11 is 3.25. The van der Waals surface area contributed by atoms with Crippen LogP contribution in [0, 0.1) is 6.92 Å². The maximum atomic E-state index is 11.5. The molecule has 1 unspecified atom stereocenters. The van der Waals surface area contributed by atoms with E-state index in [1.54, 1.807) is 0 Å². The summed E-state index contributed by atoms with van der Waals surface area (Å²) in [5.74, 6) is 0.0192. The molecule has 0 bridgehead atoms. The second-order valence-corrected chi connectivity index (χ2v) is 5.08. The van der Waals surface area contributed by atoms with Crippen LogP contribution in [0.25, 0.3) is 0 Å². The Kier molecular flexibility index (Phi) is 4.33. The molecule has 1 amide bonds. The highest BCUT2D eigenvalue weighted by Gasteiger charge is 2.14. The predicted molar refractivity (Wildman–Crippen MR) is 66.1 cm³/mol. The Bertz CT molecular complexity index is 349. The highest BCUT2D eigenvalue weighted by Crippen LogP contribution is 2.17. The van der Waals surface area contributed by atoms with Crippen LogP contribution in [-0.2, 0) is 4.79 Å². The fraction of sp³-hybridized carbons (Fsp3) is 0.417. The van der Waals surface area contributed by atoms with Gasteiger partial charge in [-0.1, -0.05) is 40.2 Å². The van der Waals surface area contributed by atoms with E-state index in [1.165, 1.54) is 11.1 Å². The zero-order valence-corrected chi connectivity index (χ0v) is 10.8. The van der Waals surface area contributed by atoms with Gasteiger partial charge in [-0.15, -0.1) is 0 Å². The normalized spacial score (nSPS) is 14.4. The average Bonchev–Trinajstić information content (AvgIpc) is 2.18. The first-order valence-electron chi connectivity index (χ1n) is 5.02. The number of amides is 1. The van der Waals surface area contributed by atoms with Gasteiger partial charge in [0.25, 0.3) is 0 Å². The number of alkyl halides is 1. The number of benzene rings is 1. The number of nitrogens with one attached hydrogen (secondary N) is 1. The van der Waals surface area contributed by atoms with Gasteiger partial charge in [-0.25, -0.2) is 0 Å². The van der Waals surface area contributed by atoms with Crippen LogP contribution >= 0.6 is 15.9 Å². The Morgan fingerprint density at radius 1 is 1.33 bits per heavy atom. The summed E-state index contributed by atoms with van der Waals surface area (Å²) in [4.78, 5) is 11.3. The molecule has 15 heavy (non-hydrogen) atoms. The third-order valence-corrected chi connectivity index (χ3v) is 2.79. The molecule has 82 valence electrons. The number of carbonyl (C=O) groups is 1. The van der Waals surface area contributed by atoms with Crippen molar-refractivity contribution in [2.75, 3.05) is 0 Å². The lowest BCUT2D eigenvalue weighted by Crippen LogP contribution is -2.32. The molecular weight excluding hydrogens is 254 g/mol. The van der Waals surface area contributed by atoms with Crippen molar-refractivity contribution in [3.63, 3.8) is 0 Å². The molecule has 2 nitrogen and oxygen atoms in total. The van der Waals surface area contributed by atoms with Crippen LogP contribution < -0.4 is 5.32 Å². The van der Waals surface area contributed by atoms with E-state index in [2.05, 4.69) is 34.2 Å². The van der Waals surface area contributed by atoms with Crippen LogP contribution in [0.15, 0.2) is 24.3 Å². The number of carbonyl (C=O) groups excluding carboxylic acids is 1. The van der Waals surface area contributed by atoms with Gasteiger partial charge in [0.1, 0.15) is 0 Å². The first-order chi connectivity index (χ1) is 7.02. The van der Waals surface area contributed by atoms with Crippen LogP contribution in [0.4, 0.5) is 0 Å². The third kappa shape index (κ3) is 3.34. The molecule has 1 aromatic carbocycles. The van der Waals surface area contributed by atoms with Gasteiger partial charge in [0.15, 0.2) is 0 Å². The summed E-state index contributed by atoms with van der Waals surface area (Å²) < 4.78 is 0. The lowest BCUT2D eigenvalue weighted by Gasteiger charge is -2.17. The van der Waals surface area contributed by atoms with Crippen LogP contribution in [0.5, 0.6) is 0 Å². The molecule has 0 aliphatic rings. The van der Waals surface area contributed by atoms with Crippen molar-refractivity contribution in [3.8, 4) is 0 Å². The Balaban J connectivity index is 2.73. The van der Waals surface area contributed by atoms with Crippen molar-refractivity contribution in [2.24, 2.45) is 0 Å². The highest BCUT2D eigenvalue weighted by atomic mass is 79.9. The van der Waals surface area contributed by atoms with Gasteiger partial charge in [0, 0.05) is 0 Å². The molecule has 0 spiro atoms. The second kappa shape index (κ2) is 5.31. The molecule has 1 aromatic rings. The van der Waals surface area contributed by atoms with E-state index in [1.807, 2.05) is 32.0 Å². The molecule has 0 fully saturated rings. The van der Waals surface area contributed by atoms with Crippen molar-refractivity contribution in [1.29, 1.82) is 0 Å². The Morgan fingerprint density at radius 2 is 1.93 bits per heavy atom. The molecule has 0 aliphatic heterocycles. The minimum absolute atomic E-state index is 0.0192. The second-order valence-electron chi connectivity index (χ2n) is 3.70. The van der Waals surface area contributed by atoms with E-state index in [0.29, 0.717) is 0 Å². The van der Waals surface area contributed by atoms with Crippen LogP contribution in [0.3, 0.4) is 0 Å². The number of hydrogen-bond acceptors (Lipinski definition) is 1. The molecule has 0 aliphatic carbocycles. The van der Waals surface area contributed by atoms with Gasteiger partial charge in [-0.05, 0) is 31.9 Å². The van der Waals surface area contributed by atoms with Gasteiger partial charge in [-0.2, -0.15) is 0 Å². The lowest BCUT2D eigenvalue weighted by molar-refractivity contribution is -0.120. The summed E-state index contributed by atoms with van der Waals surface area (Å²) in [5.41, 5.74) is 2.37. The molecule has 1 rings (SSSR count). The molecular formula is C12H16BrNO. The van der Waals surface area contributed by atoms with Crippen molar-refractivity contribution < 1.29 is 4.79 Å². The first-order valence-corrected chi connectivity index (χ1v) is 5.94. The predicted octanol–water partition coefficient (Wildman–Crippen LogP) is 2.96. The van der Waals surface area contributed by atoms with Crippen molar-refractivity contribution in [2.45, 2.75) is 31.6 Å². The van der Waals surface area contributed by atoms with Gasteiger partial charge < -0.3 is 5.32 Å². The fourth-order valence-electron chi connectivity index (χ4n) is 1.48. The van der Waals surface area contributed by atoms with Crippen LogP contribution in [0.2, 0.25) is 0 Å². The van der Waals surface area contributed by atoms with E-state index in [9.17, 15) is 4.79 Å². The summed E-state index contributed by atoms with van der Waals surface area (Å²) in [6, 6.07) is 8.14.